The molecule has 18 heavy (non-hydrogen) atoms. The maximum Gasteiger partial charge on any atom is 0.0112 e. The quantitative estimate of drug-likeness (QED) is 0.758. The molecule has 0 aliphatic rings. The molecule has 0 heterocycles. The van der Waals surface area contributed by atoms with E-state index in [9.17, 15) is 0 Å². The van der Waals surface area contributed by atoms with Crippen LogP contribution >= 0.6 is 9.24 Å². The van der Waals surface area contributed by atoms with Crippen LogP contribution in [0.3, 0.4) is 0 Å². The second kappa shape index (κ2) is 12.4. The molecule has 0 saturated heterocycles. The maximum atomic E-state index is 5.97. The molecule has 2 atom stereocenters. The molecular formula is C15H39N2P. The molecule has 0 radical (unpaired) electrons. The van der Waals surface area contributed by atoms with Gasteiger partial charge in [0.1, 0.15) is 0 Å². The van der Waals surface area contributed by atoms with Crippen molar-refractivity contribution in [3.8, 4) is 0 Å². The van der Waals surface area contributed by atoms with Gasteiger partial charge in [-0.25, -0.2) is 0 Å². The fraction of sp³-hybridized carbons (Fsp3) is 1.00. The predicted octanol–water partition coefficient (Wildman–Crippen LogP) is 4.18. The molecule has 4 N–H and O–H groups in total. The minimum Gasteiger partial charge on any atom is -0.328 e. The first-order valence-electron chi connectivity index (χ1n) is 7.14. The zero-order valence-electron chi connectivity index (χ0n) is 14.1. The molecule has 0 fully saturated rings. The molecular weight excluding hydrogens is 239 g/mol. The lowest BCUT2D eigenvalue weighted by Crippen LogP contribution is -2.40. The molecule has 0 rings (SSSR count). The van der Waals surface area contributed by atoms with Gasteiger partial charge in [0.25, 0.3) is 0 Å². The summed E-state index contributed by atoms with van der Waals surface area (Å²) >= 11 is 0. The highest BCUT2D eigenvalue weighted by Crippen LogP contribution is 2.22. The number of unbranched alkanes of at least 4 members (excludes halogenated alkanes) is 1. The predicted molar refractivity (Wildman–Crippen MR) is 91.1 cm³/mol. The summed E-state index contributed by atoms with van der Waals surface area (Å²) in [5.41, 5.74) is 12.0. The molecule has 114 valence electrons. The zero-order chi connectivity index (χ0) is 15.4. The highest BCUT2D eigenvalue weighted by molar-refractivity contribution is 7.15. The Labute approximate surface area is 119 Å². The molecule has 0 aliphatic heterocycles. The summed E-state index contributed by atoms with van der Waals surface area (Å²) in [5, 5.41) is 0. The minimum atomic E-state index is -0.134. The van der Waals surface area contributed by atoms with E-state index in [4.69, 9.17) is 11.5 Å². The van der Waals surface area contributed by atoms with E-state index >= 15 is 0 Å². The van der Waals surface area contributed by atoms with Gasteiger partial charge in [0, 0.05) is 11.6 Å². The molecule has 0 aromatic heterocycles. The van der Waals surface area contributed by atoms with Crippen LogP contribution in [-0.4, -0.2) is 18.2 Å². The van der Waals surface area contributed by atoms with E-state index in [2.05, 4.69) is 43.9 Å². The van der Waals surface area contributed by atoms with Crippen LogP contribution in [0.2, 0.25) is 0 Å². The molecule has 0 spiro atoms. The van der Waals surface area contributed by atoms with Crippen molar-refractivity contribution in [2.24, 2.45) is 16.9 Å². The Morgan fingerprint density at radius 1 is 0.889 bits per heavy atom. The Morgan fingerprint density at radius 2 is 1.22 bits per heavy atom. The summed E-state index contributed by atoms with van der Waals surface area (Å²) in [6.45, 7) is 16.9. The Balaban J connectivity index is -0.000000317. The first-order chi connectivity index (χ1) is 8.02. The van der Waals surface area contributed by atoms with Crippen LogP contribution in [0.4, 0.5) is 0 Å². The van der Waals surface area contributed by atoms with Crippen molar-refractivity contribution >= 4 is 9.24 Å². The van der Waals surface area contributed by atoms with Gasteiger partial charge in [-0.1, -0.05) is 54.1 Å². The van der Waals surface area contributed by atoms with Crippen LogP contribution in [0, 0.1) is 5.41 Å². The molecule has 3 heteroatoms. The van der Waals surface area contributed by atoms with Gasteiger partial charge in [-0.05, 0) is 32.1 Å². The van der Waals surface area contributed by atoms with Gasteiger partial charge in [0.15, 0.2) is 0 Å². The summed E-state index contributed by atoms with van der Waals surface area (Å²) < 4.78 is 0. The number of hydrogen-bond donors (Lipinski definition) is 2. The van der Waals surface area contributed by atoms with Gasteiger partial charge in [-0.15, -0.1) is 9.24 Å². The van der Waals surface area contributed by atoms with Crippen molar-refractivity contribution in [3.63, 3.8) is 0 Å². The zero-order valence-corrected chi connectivity index (χ0v) is 15.3. The van der Waals surface area contributed by atoms with Crippen molar-refractivity contribution in [2.75, 3.05) is 6.66 Å². The number of hydrogen-bond acceptors (Lipinski definition) is 2. The molecule has 0 aromatic rings. The highest BCUT2D eigenvalue weighted by Gasteiger charge is 2.20. The van der Waals surface area contributed by atoms with Crippen molar-refractivity contribution < 1.29 is 0 Å². The number of rotatable bonds is 4. The monoisotopic (exact) mass is 278 g/mol. The Bertz CT molecular complexity index is 139. The molecule has 0 bridgehead atoms. The topological polar surface area (TPSA) is 52.0 Å². The van der Waals surface area contributed by atoms with Gasteiger partial charge in [-0.2, -0.15) is 0 Å². The van der Waals surface area contributed by atoms with Crippen LogP contribution in [0.25, 0.3) is 0 Å². The normalized spacial score (nSPS) is 12.8. The summed E-state index contributed by atoms with van der Waals surface area (Å²) in [4.78, 5) is 0. The lowest BCUT2D eigenvalue weighted by Gasteiger charge is -2.28. The van der Waals surface area contributed by atoms with E-state index in [0.717, 1.165) is 12.8 Å². The molecule has 0 aromatic carbocycles. The lowest BCUT2D eigenvalue weighted by atomic mass is 9.84. The fourth-order valence-corrected chi connectivity index (χ4v) is 1.53. The van der Waals surface area contributed by atoms with E-state index in [-0.39, 0.29) is 11.6 Å². The largest absolute Gasteiger partial charge is 0.328 e. The third-order valence-electron chi connectivity index (χ3n) is 2.16. The molecule has 2 unspecified atom stereocenters. The molecule has 0 aliphatic carbocycles. The van der Waals surface area contributed by atoms with Crippen LogP contribution in [0.1, 0.15) is 74.1 Å². The van der Waals surface area contributed by atoms with Crippen molar-refractivity contribution in [3.05, 3.63) is 0 Å². The first kappa shape index (κ1) is 23.4. The molecule has 2 nitrogen and oxygen atoms in total. The average Bonchev–Trinajstić information content (AvgIpc) is 2.15. The highest BCUT2D eigenvalue weighted by atomic mass is 31.0. The SMILES string of the molecule is CC(C)(C)CC(N)CC(C)(C)N.CCCC.CP. The lowest BCUT2D eigenvalue weighted by molar-refractivity contribution is 0.301. The smallest absolute Gasteiger partial charge is 0.0112 e. The van der Waals surface area contributed by atoms with E-state index in [1.54, 1.807) is 0 Å². The van der Waals surface area contributed by atoms with Crippen molar-refractivity contribution in [1.29, 1.82) is 0 Å². The van der Waals surface area contributed by atoms with Crippen LogP contribution < -0.4 is 11.5 Å². The van der Waals surface area contributed by atoms with E-state index in [0.29, 0.717) is 5.41 Å². The summed E-state index contributed by atoms with van der Waals surface area (Å²) in [6, 6.07) is 0.227. The first-order valence-corrected chi connectivity index (χ1v) is 8.29. The third-order valence-corrected chi connectivity index (χ3v) is 2.16. The average molecular weight is 278 g/mol. The van der Waals surface area contributed by atoms with Gasteiger partial charge in [0.05, 0.1) is 0 Å². The van der Waals surface area contributed by atoms with Crippen LogP contribution in [0.15, 0.2) is 0 Å². The van der Waals surface area contributed by atoms with Crippen LogP contribution in [0.5, 0.6) is 0 Å². The van der Waals surface area contributed by atoms with Crippen molar-refractivity contribution in [2.45, 2.75) is 85.7 Å². The Morgan fingerprint density at radius 3 is 1.39 bits per heavy atom. The van der Waals surface area contributed by atoms with Crippen molar-refractivity contribution in [1.82, 2.24) is 0 Å². The Hall–Kier alpha value is 0.350. The Kier molecular flexibility index (Phi) is 16.1. The minimum absolute atomic E-state index is 0.134. The van der Waals surface area contributed by atoms with Gasteiger partial charge in [0.2, 0.25) is 0 Å². The molecule has 0 amide bonds. The van der Waals surface area contributed by atoms with Gasteiger partial charge >= 0.3 is 0 Å². The molecule has 0 saturated carbocycles. The van der Waals surface area contributed by atoms with Gasteiger partial charge < -0.3 is 11.5 Å². The van der Waals surface area contributed by atoms with E-state index in [1.165, 1.54) is 12.8 Å². The summed E-state index contributed by atoms with van der Waals surface area (Å²) in [5.74, 6) is 0. The second-order valence-electron chi connectivity index (χ2n) is 6.72. The van der Waals surface area contributed by atoms with E-state index in [1.807, 2.05) is 20.5 Å². The fourth-order valence-electron chi connectivity index (χ4n) is 1.53. The number of nitrogens with two attached hydrogens (primary N) is 2. The second-order valence-corrected chi connectivity index (χ2v) is 6.72. The van der Waals surface area contributed by atoms with Gasteiger partial charge in [-0.3, -0.25) is 0 Å². The van der Waals surface area contributed by atoms with Crippen LogP contribution in [-0.2, 0) is 0 Å². The standard InChI is InChI=1S/C10H24N2.C4H10.CH5P/c1-9(2,3)6-8(11)7-10(4,5)12;1-3-4-2;1-2/h8H,6-7,11-12H2,1-5H3;3-4H2,1-2H3;2H2,1H3. The summed E-state index contributed by atoms with van der Waals surface area (Å²) in [6.07, 6.45) is 4.57. The summed E-state index contributed by atoms with van der Waals surface area (Å²) in [7, 11) is 2.42. The maximum absolute atomic E-state index is 5.97. The van der Waals surface area contributed by atoms with E-state index < -0.39 is 0 Å². The third kappa shape index (κ3) is 29.9.